The van der Waals surface area contributed by atoms with Crippen molar-refractivity contribution in [3.8, 4) is 0 Å². The molecule has 2 nitrogen and oxygen atoms in total. The predicted octanol–water partition coefficient (Wildman–Crippen LogP) is 3.57. The summed E-state index contributed by atoms with van der Waals surface area (Å²) < 4.78 is 0. The zero-order chi connectivity index (χ0) is 12.3. The highest BCUT2D eigenvalue weighted by molar-refractivity contribution is 5.75. The van der Waals surface area contributed by atoms with Crippen molar-refractivity contribution >= 4 is 5.78 Å². The molecule has 1 atom stereocenters. The zero-order valence-corrected chi connectivity index (χ0v) is 11.0. The minimum absolute atomic E-state index is 0.125. The second-order valence-corrected chi connectivity index (χ2v) is 4.64. The summed E-state index contributed by atoms with van der Waals surface area (Å²) in [6, 6.07) is 0. The number of hydrogen-bond acceptors (Lipinski definition) is 2. The minimum Gasteiger partial charge on any atom is -0.393 e. The Morgan fingerprint density at radius 3 is 1.93 bits per heavy atom. The summed E-state index contributed by atoms with van der Waals surface area (Å²) in [5, 5.41) is 8.72. The maximum Gasteiger partial charge on any atom is 0.129 e. The van der Waals surface area contributed by atoms with Crippen molar-refractivity contribution in [2.75, 3.05) is 0 Å². The molecule has 0 saturated carbocycles. The van der Waals surface area contributed by atoms with E-state index in [4.69, 9.17) is 5.11 Å². The number of Topliss-reactive ketones (excluding diaryl/α,β-unsaturated/α-hetero) is 1. The number of aliphatic hydroxyl groups is 1. The van der Waals surface area contributed by atoms with Gasteiger partial charge in [-0.2, -0.15) is 0 Å². The van der Waals surface area contributed by atoms with Gasteiger partial charge in [0.15, 0.2) is 0 Å². The molecule has 0 aromatic carbocycles. The second kappa shape index (κ2) is 11.7. The highest BCUT2D eigenvalue weighted by Gasteiger charge is 1.97. The van der Waals surface area contributed by atoms with Crippen molar-refractivity contribution in [2.24, 2.45) is 5.92 Å². The Hall–Kier alpha value is -0.370. The van der Waals surface area contributed by atoms with Crippen LogP contribution in [0.2, 0.25) is 0 Å². The van der Waals surface area contributed by atoms with Crippen molar-refractivity contribution in [2.45, 2.75) is 72.8 Å². The Balaban J connectivity index is 0. The molecule has 0 saturated heterocycles. The lowest BCUT2D eigenvalue weighted by atomic mass is 10.1. The Labute approximate surface area is 95.1 Å². The van der Waals surface area contributed by atoms with Crippen molar-refractivity contribution in [3.63, 3.8) is 0 Å². The van der Waals surface area contributed by atoms with Crippen LogP contribution in [0.15, 0.2) is 0 Å². The normalized spacial score (nSPS) is 11.9. The fraction of sp³-hybridized carbons (Fsp3) is 0.923. The summed E-state index contributed by atoms with van der Waals surface area (Å²) in [5.41, 5.74) is 0. The summed E-state index contributed by atoms with van der Waals surface area (Å²) in [6.07, 6.45) is 5.03. The largest absolute Gasteiger partial charge is 0.393 e. The van der Waals surface area contributed by atoms with Crippen LogP contribution in [-0.2, 0) is 4.79 Å². The molecule has 0 bridgehead atoms. The first kappa shape index (κ1) is 17.0. The number of ketones is 1. The van der Waals surface area contributed by atoms with Gasteiger partial charge in [0.05, 0.1) is 6.10 Å². The highest BCUT2D eigenvalue weighted by atomic mass is 16.3. The van der Waals surface area contributed by atoms with Crippen LogP contribution >= 0.6 is 0 Å². The molecule has 0 aliphatic rings. The van der Waals surface area contributed by atoms with Crippen molar-refractivity contribution < 1.29 is 9.90 Å². The number of unbranched alkanes of at least 4 members (excludes halogenated alkanes) is 2. The van der Waals surface area contributed by atoms with Crippen LogP contribution in [0.4, 0.5) is 0 Å². The summed E-state index contributed by atoms with van der Waals surface area (Å²) in [5.74, 6) is 0.943. The van der Waals surface area contributed by atoms with Gasteiger partial charge in [-0.1, -0.05) is 33.6 Å². The molecule has 0 aromatic heterocycles. The third-order valence-corrected chi connectivity index (χ3v) is 1.94. The first-order chi connectivity index (χ1) is 6.90. The fourth-order valence-electron chi connectivity index (χ4n) is 1.31. The number of hydrogen-bond donors (Lipinski definition) is 1. The summed E-state index contributed by atoms with van der Waals surface area (Å²) >= 11 is 0. The van der Waals surface area contributed by atoms with E-state index in [1.165, 1.54) is 12.8 Å². The predicted molar refractivity (Wildman–Crippen MR) is 66.0 cm³/mol. The van der Waals surface area contributed by atoms with E-state index in [9.17, 15) is 4.79 Å². The molecule has 0 radical (unpaired) electrons. The molecule has 0 aliphatic carbocycles. The van der Waals surface area contributed by atoms with Crippen LogP contribution in [0.25, 0.3) is 0 Å². The third-order valence-electron chi connectivity index (χ3n) is 1.94. The van der Waals surface area contributed by atoms with E-state index in [0.717, 1.165) is 19.3 Å². The van der Waals surface area contributed by atoms with Crippen LogP contribution < -0.4 is 0 Å². The average Bonchev–Trinajstić information content (AvgIpc) is 2.02. The van der Waals surface area contributed by atoms with E-state index in [2.05, 4.69) is 20.8 Å². The monoisotopic (exact) mass is 216 g/mol. The number of rotatable bonds is 6. The molecule has 0 aliphatic heterocycles. The van der Waals surface area contributed by atoms with E-state index in [0.29, 0.717) is 11.7 Å². The van der Waals surface area contributed by atoms with Crippen LogP contribution in [0, 0.1) is 5.92 Å². The van der Waals surface area contributed by atoms with E-state index in [1.807, 2.05) is 6.92 Å². The quantitative estimate of drug-likeness (QED) is 0.689. The molecule has 0 rings (SSSR count). The van der Waals surface area contributed by atoms with Gasteiger partial charge in [0.1, 0.15) is 5.78 Å². The molecule has 2 heteroatoms. The van der Waals surface area contributed by atoms with Gasteiger partial charge in [-0.3, -0.25) is 0 Å². The molecule has 0 amide bonds. The molecular weight excluding hydrogens is 188 g/mol. The van der Waals surface area contributed by atoms with Gasteiger partial charge in [-0.15, -0.1) is 0 Å². The molecule has 92 valence electrons. The van der Waals surface area contributed by atoms with Gasteiger partial charge in [0.2, 0.25) is 0 Å². The van der Waals surface area contributed by atoms with Gasteiger partial charge in [-0.05, 0) is 32.6 Å². The Bertz CT molecular complexity index is 133. The van der Waals surface area contributed by atoms with Gasteiger partial charge in [0, 0.05) is 6.42 Å². The lowest BCUT2D eigenvalue weighted by Gasteiger charge is -2.04. The van der Waals surface area contributed by atoms with Gasteiger partial charge in [-0.25, -0.2) is 0 Å². The molecule has 0 aromatic rings. The molecule has 1 unspecified atom stereocenters. The molecule has 1 N–H and O–H groups in total. The Kier molecular flexibility index (Phi) is 13.3. The van der Waals surface area contributed by atoms with Crippen molar-refractivity contribution in [3.05, 3.63) is 0 Å². The summed E-state index contributed by atoms with van der Waals surface area (Å²) in [6.45, 7) is 9.81. The number of aliphatic hydroxyl groups excluding tert-OH is 1. The van der Waals surface area contributed by atoms with Gasteiger partial charge < -0.3 is 9.90 Å². The number of carbonyl (C=O) groups is 1. The molecule has 0 heterocycles. The first-order valence-corrected chi connectivity index (χ1v) is 6.07. The van der Waals surface area contributed by atoms with Crippen molar-refractivity contribution in [1.82, 2.24) is 0 Å². The van der Waals surface area contributed by atoms with E-state index in [1.54, 1.807) is 6.92 Å². The van der Waals surface area contributed by atoms with E-state index >= 15 is 0 Å². The van der Waals surface area contributed by atoms with Gasteiger partial charge >= 0.3 is 0 Å². The highest BCUT2D eigenvalue weighted by Crippen LogP contribution is 2.02. The fourth-order valence-corrected chi connectivity index (χ4v) is 1.31. The second-order valence-electron chi connectivity index (χ2n) is 4.64. The topological polar surface area (TPSA) is 37.3 Å². The van der Waals surface area contributed by atoms with Crippen LogP contribution in [0.5, 0.6) is 0 Å². The maximum absolute atomic E-state index is 10.3. The van der Waals surface area contributed by atoms with Crippen molar-refractivity contribution in [1.29, 1.82) is 0 Å². The molecule has 0 fully saturated rings. The maximum atomic E-state index is 10.3. The zero-order valence-electron chi connectivity index (χ0n) is 11.0. The Morgan fingerprint density at radius 1 is 1.20 bits per heavy atom. The Morgan fingerprint density at radius 2 is 1.73 bits per heavy atom. The lowest BCUT2D eigenvalue weighted by Crippen LogP contribution is -2.03. The van der Waals surface area contributed by atoms with Crippen LogP contribution in [0.1, 0.15) is 66.7 Å². The smallest absolute Gasteiger partial charge is 0.129 e. The van der Waals surface area contributed by atoms with Crippen LogP contribution in [-0.4, -0.2) is 17.0 Å². The molecule has 15 heavy (non-hydrogen) atoms. The SMILES string of the molecule is CC(C)CC(C)O.CCCCCC(C)=O. The first-order valence-electron chi connectivity index (χ1n) is 6.07. The summed E-state index contributed by atoms with van der Waals surface area (Å²) in [4.78, 5) is 10.3. The summed E-state index contributed by atoms with van der Waals surface area (Å²) in [7, 11) is 0. The lowest BCUT2D eigenvalue weighted by molar-refractivity contribution is -0.117. The van der Waals surface area contributed by atoms with E-state index < -0.39 is 0 Å². The standard InChI is InChI=1S/C7H14O.C6H14O/c1-3-4-5-6-7(2)8;1-5(2)4-6(3)7/h3-6H2,1-2H3;5-7H,4H2,1-3H3. The molecular formula is C13H28O2. The van der Waals surface area contributed by atoms with E-state index in [-0.39, 0.29) is 6.10 Å². The molecule has 0 spiro atoms. The minimum atomic E-state index is -0.125. The average molecular weight is 216 g/mol. The van der Waals surface area contributed by atoms with Crippen LogP contribution in [0.3, 0.4) is 0 Å². The third kappa shape index (κ3) is 24.8. The van der Waals surface area contributed by atoms with Gasteiger partial charge in [0.25, 0.3) is 0 Å². The number of carbonyl (C=O) groups excluding carboxylic acids is 1.